The lowest BCUT2D eigenvalue weighted by Crippen LogP contribution is -2.17. The zero-order valence-electron chi connectivity index (χ0n) is 13.3. The molecule has 0 aliphatic carbocycles. The van der Waals surface area contributed by atoms with E-state index >= 15 is 0 Å². The van der Waals surface area contributed by atoms with Crippen LogP contribution >= 0.6 is 11.6 Å². The zero-order chi connectivity index (χ0) is 18.0. The van der Waals surface area contributed by atoms with E-state index in [0.717, 1.165) is 0 Å². The van der Waals surface area contributed by atoms with E-state index in [1.165, 1.54) is 12.1 Å². The van der Waals surface area contributed by atoms with Crippen molar-refractivity contribution >= 4 is 44.1 Å². The van der Waals surface area contributed by atoms with Crippen LogP contribution in [0.1, 0.15) is 12.3 Å². The SMILES string of the molecule is Cc1nc2cccc(NC(=O)CCS(=O)(=O)c3cccc(Cl)c3)c2o1. The number of hydrogen-bond acceptors (Lipinski definition) is 5. The molecule has 0 fully saturated rings. The number of benzene rings is 2. The Morgan fingerprint density at radius 3 is 2.76 bits per heavy atom. The highest BCUT2D eigenvalue weighted by atomic mass is 35.5. The van der Waals surface area contributed by atoms with Gasteiger partial charge in [-0.15, -0.1) is 0 Å². The minimum atomic E-state index is -3.59. The molecule has 0 aliphatic rings. The van der Waals surface area contributed by atoms with Crippen LogP contribution in [0.3, 0.4) is 0 Å². The van der Waals surface area contributed by atoms with Crippen LogP contribution in [0.15, 0.2) is 51.8 Å². The first-order valence-electron chi connectivity index (χ1n) is 7.49. The maximum absolute atomic E-state index is 12.3. The van der Waals surface area contributed by atoms with Crippen molar-refractivity contribution < 1.29 is 17.6 Å². The molecule has 6 nitrogen and oxygen atoms in total. The Morgan fingerprint density at radius 2 is 2.00 bits per heavy atom. The largest absolute Gasteiger partial charge is 0.439 e. The van der Waals surface area contributed by atoms with Crippen LogP contribution in [0.4, 0.5) is 5.69 Å². The van der Waals surface area contributed by atoms with Gasteiger partial charge in [0.1, 0.15) is 5.52 Å². The number of rotatable bonds is 5. The summed E-state index contributed by atoms with van der Waals surface area (Å²) in [6, 6.07) is 11.2. The fourth-order valence-electron chi connectivity index (χ4n) is 2.38. The molecule has 0 bridgehead atoms. The number of para-hydroxylation sites is 1. The summed E-state index contributed by atoms with van der Waals surface area (Å²) < 4.78 is 30.0. The molecule has 0 unspecified atom stereocenters. The molecule has 8 heteroatoms. The molecule has 0 saturated heterocycles. The number of halogens is 1. The maximum atomic E-state index is 12.3. The molecular formula is C17H15ClN2O4S. The van der Waals surface area contributed by atoms with Crippen LogP contribution in [-0.4, -0.2) is 25.1 Å². The summed E-state index contributed by atoms with van der Waals surface area (Å²) in [6.07, 6.45) is -0.182. The molecule has 130 valence electrons. The quantitative estimate of drug-likeness (QED) is 0.732. The van der Waals surface area contributed by atoms with Crippen LogP contribution in [0.5, 0.6) is 0 Å². The third-order valence-electron chi connectivity index (χ3n) is 3.55. The molecule has 3 rings (SSSR count). The number of carbonyl (C=O) groups excluding carboxylic acids is 1. The van der Waals surface area contributed by atoms with Gasteiger partial charge in [-0.2, -0.15) is 0 Å². The zero-order valence-corrected chi connectivity index (χ0v) is 14.9. The Hall–Kier alpha value is -2.38. The average molecular weight is 379 g/mol. The second kappa shape index (κ2) is 6.85. The van der Waals surface area contributed by atoms with Crippen LogP contribution in [0, 0.1) is 6.92 Å². The Bertz CT molecular complexity index is 1040. The normalized spacial score (nSPS) is 11.6. The van der Waals surface area contributed by atoms with Gasteiger partial charge in [0.05, 0.1) is 16.3 Å². The first-order chi connectivity index (χ1) is 11.8. The van der Waals surface area contributed by atoms with Gasteiger partial charge in [-0.25, -0.2) is 13.4 Å². The minimum Gasteiger partial charge on any atom is -0.439 e. The van der Waals surface area contributed by atoms with E-state index in [1.54, 1.807) is 37.3 Å². The van der Waals surface area contributed by atoms with Gasteiger partial charge < -0.3 is 9.73 Å². The minimum absolute atomic E-state index is 0.0979. The van der Waals surface area contributed by atoms with Crippen molar-refractivity contribution in [2.24, 2.45) is 0 Å². The highest BCUT2D eigenvalue weighted by Crippen LogP contribution is 2.24. The molecule has 3 aromatic rings. The van der Waals surface area contributed by atoms with Gasteiger partial charge in [0.15, 0.2) is 21.3 Å². The summed E-state index contributed by atoms with van der Waals surface area (Å²) in [6.45, 7) is 1.71. The molecule has 1 aromatic heterocycles. The highest BCUT2D eigenvalue weighted by Gasteiger charge is 2.18. The number of fused-ring (bicyclic) bond motifs is 1. The summed E-state index contributed by atoms with van der Waals surface area (Å²) in [7, 11) is -3.59. The molecule has 0 radical (unpaired) electrons. The Labute approximate surface area is 149 Å². The van der Waals surface area contributed by atoms with E-state index < -0.39 is 15.7 Å². The van der Waals surface area contributed by atoms with Crippen molar-refractivity contribution in [3.63, 3.8) is 0 Å². The predicted octanol–water partition coefficient (Wildman–Crippen LogP) is 3.59. The highest BCUT2D eigenvalue weighted by molar-refractivity contribution is 7.91. The number of sulfone groups is 1. The second-order valence-corrected chi connectivity index (χ2v) is 8.01. The molecule has 25 heavy (non-hydrogen) atoms. The number of hydrogen-bond donors (Lipinski definition) is 1. The van der Waals surface area contributed by atoms with Crippen LogP contribution in [0.25, 0.3) is 11.1 Å². The summed E-state index contributed by atoms with van der Waals surface area (Å²) in [5.41, 5.74) is 1.55. The molecule has 1 heterocycles. The van der Waals surface area contributed by atoms with E-state index in [2.05, 4.69) is 10.3 Å². The van der Waals surface area contributed by atoms with Gasteiger partial charge in [0.2, 0.25) is 5.91 Å². The molecule has 2 aromatic carbocycles. The number of amides is 1. The van der Waals surface area contributed by atoms with Crippen molar-refractivity contribution in [3.8, 4) is 0 Å². The maximum Gasteiger partial charge on any atom is 0.225 e. The lowest BCUT2D eigenvalue weighted by Gasteiger charge is -2.07. The third-order valence-corrected chi connectivity index (χ3v) is 5.50. The van der Waals surface area contributed by atoms with Crippen molar-refractivity contribution in [1.82, 2.24) is 4.98 Å². The first-order valence-corrected chi connectivity index (χ1v) is 9.52. The summed E-state index contributed by atoms with van der Waals surface area (Å²) in [4.78, 5) is 16.4. The fourth-order valence-corrected chi connectivity index (χ4v) is 3.91. The second-order valence-electron chi connectivity index (χ2n) is 5.46. The number of anilines is 1. The molecule has 0 spiro atoms. The number of aromatic nitrogens is 1. The lowest BCUT2D eigenvalue weighted by atomic mass is 10.2. The van der Waals surface area contributed by atoms with Crippen molar-refractivity contribution in [2.45, 2.75) is 18.2 Å². The number of carbonyl (C=O) groups is 1. The molecular weight excluding hydrogens is 364 g/mol. The fraction of sp³-hybridized carbons (Fsp3) is 0.176. The molecule has 0 atom stereocenters. The predicted molar refractivity (Wildman–Crippen MR) is 95.5 cm³/mol. The van der Waals surface area contributed by atoms with Gasteiger partial charge in [-0.1, -0.05) is 23.7 Å². The molecule has 0 aliphatic heterocycles. The van der Waals surface area contributed by atoms with Gasteiger partial charge in [-0.3, -0.25) is 4.79 Å². The first kappa shape index (κ1) is 17.4. The monoisotopic (exact) mass is 378 g/mol. The van der Waals surface area contributed by atoms with Crippen LogP contribution in [-0.2, 0) is 14.6 Å². The van der Waals surface area contributed by atoms with E-state index in [1.807, 2.05) is 0 Å². The Balaban J connectivity index is 1.70. The number of nitrogens with one attached hydrogen (secondary N) is 1. The van der Waals surface area contributed by atoms with Gasteiger partial charge in [-0.05, 0) is 30.3 Å². The van der Waals surface area contributed by atoms with Crippen molar-refractivity contribution in [2.75, 3.05) is 11.1 Å². The standard InChI is InChI=1S/C17H15ClN2O4S/c1-11-19-14-6-3-7-15(17(14)24-11)20-16(21)8-9-25(22,23)13-5-2-4-12(18)10-13/h2-7,10H,8-9H2,1H3,(H,20,21). The molecule has 1 N–H and O–H groups in total. The molecule has 0 saturated carbocycles. The number of aryl methyl sites for hydroxylation is 1. The van der Waals surface area contributed by atoms with Gasteiger partial charge in [0.25, 0.3) is 0 Å². The van der Waals surface area contributed by atoms with E-state index in [9.17, 15) is 13.2 Å². The summed E-state index contributed by atoms with van der Waals surface area (Å²) >= 11 is 5.82. The average Bonchev–Trinajstić information content (AvgIpc) is 2.94. The summed E-state index contributed by atoms with van der Waals surface area (Å²) in [5.74, 6) is -0.252. The van der Waals surface area contributed by atoms with E-state index in [-0.39, 0.29) is 17.1 Å². The topological polar surface area (TPSA) is 89.3 Å². The van der Waals surface area contributed by atoms with Gasteiger partial charge >= 0.3 is 0 Å². The van der Waals surface area contributed by atoms with E-state index in [4.69, 9.17) is 16.0 Å². The smallest absolute Gasteiger partial charge is 0.225 e. The number of oxazole rings is 1. The van der Waals surface area contributed by atoms with Crippen molar-refractivity contribution in [3.05, 3.63) is 53.4 Å². The van der Waals surface area contributed by atoms with Crippen molar-refractivity contribution in [1.29, 1.82) is 0 Å². The summed E-state index contributed by atoms with van der Waals surface area (Å²) in [5, 5.41) is 3.00. The van der Waals surface area contributed by atoms with Crippen LogP contribution < -0.4 is 5.32 Å². The van der Waals surface area contributed by atoms with E-state index in [0.29, 0.717) is 27.7 Å². The number of nitrogens with zero attached hydrogens (tertiary/aromatic N) is 1. The Kier molecular flexibility index (Phi) is 4.78. The van der Waals surface area contributed by atoms with Gasteiger partial charge in [0, 0.05) is 18.4 Å². The third kappa shape index (κ3) is 4.00. The van der Waals surface area contributed by atoms with Crippen LogP contribution in [0.2, 0.25) is 5.02 Å². The Morgan fingerprint density at radius 1 is 1.24 bits per heavy atom. The lowest BCUT2D eigenvalue weighted by molar-refractivity contribution is -0.115. The molecule has 1 amide bonds.